The SMILES string of the molecule is Cc1ccc(-c2cccc(C(=O)NCCS(=O)(=O)N3CCCC3)c2)o1. The fourth-order valence-corrected chi connectivity index (χ4v) is 4.33. The molecule has 0 radical (unpaired) electrons. The van der Waals surface area contributed by atoms with Crippen molar-refractivity contribution < 1.29 is 17.6 Å². The summed E-state index contributed by atoms with van der Waals surface area (Å²) in [5.41, 5.74) is 1.29. The fraction of sp³-hybridized carbons (Fsp3) is 0.389. The van der Waals surface area contributed by atoms with Gasteiger partial charge in [-0.2, -0.15) is 0 Å². The molecular weight excluding hydrogens is 340 g/mol. The predicted molar refractivity (Wildman–Crippen MR) is 95.8 cm³/mol. The number of sulfonamides is 1. The molecule has 134 valence electrons. The highest BCUT2D eigenvalue weighted by Gasteiger charge is 2.24. The van der Waals surface area contributed by atoms with Crippen molar-refractivity contribution in [3.8, 4) is 11.3 Å². The number of hydrogen-bond donors (Lipinski definition) is 1. The van der Waals surface area contributed by atoms with Crippen molar-refractivity contribution in [1.29, 1.82) is 0 Å². The van der Waals surface area contributed by atoms with Gasteiger partial charge >= 0.3 is 0 Å². The smallest absolute Gasteiger partial charge is 0.251 e. The number of carbonyl (C=O) groups excluding carboxylic acids is 1. The van der Waals surface area contributed by atoms with Gasteiger partial charge in [0.1, 0.15) is 11.5 Å². The maximum Gasteiger partial charge on any atom is 0.251 e. The van der Waals surface area contributed by atoms with E-state index in [2.05, 4.69) is 5.32 Å². The van der Waals surface area contributed by atoms with E-state index in [0.29, 0.717) is 24.4 Å². The lowest BCUT2D eigenvalue weighted by Crippen LogP contribution is -2.36. The maximum absolute atomic E-state index is 12.3. The molecule has 1 aliphatic heterocycles. The van der Waals surface area contributed by atoms with Crippen LogP contribution in [-0.4, -0.2) is 44.0 Å². The van der Waals surface area contributed by atoms with Crippen LogP contribution in [0.25, 0.3) is 11.3 Å². The number of amides is 1. The summed E-state index contributed by atoms with van der Waals surface area (Å²) in [6.45, 7) is 3.13. The summed E-state index contributed by atoms with van der Waals surface area (Å²) in [5, 5.41) is 2.69. The molecule has 7 heteroatoms. The van der Waals surface area contributed by atoms with E-state index in [9.17, 15) is 13.2 Å². The number of furan rings is 1. The maximum atomic E-state index is 12.3. The average Bonchev–Trinajstić information content (AvgIpc) is 3.26. The summed E-state index contributed by atoms with van der Waals surface area (Å²) in [7, 11) is -3.28. The number of benzene rings is 1. The highest BCUT2D eigenvalue weighted by Crippen LogP contribution is 2.22. The summed E-state index contributed by atoms with van der Waals surface area (Å²) < 4.78 is 31.4. The first-order chi connectivity index (χ1) is 12.0. The van der Waals surface area contributed by atoms with E-state index >= 15 is 0 Å². The van der Waals surface area contributed by atoms with Crippen molar-refractivity contribution in [3.63, 3.8) is 0 Å². The first-order valence-electron chi connectivity index (χ1n) is 8.39. The zero-order valence-electron chi connectivity index (χ0n) is 14.2. The van der Waals surface area contributed by atoms with Crippen LogP contribution >= 0.6 is 0 Å². The topological polar surface area (TPSA) is 79.6 Å². The molecule has 1 aromatic heterocycles. The normalized spacial score (nSPS) is 15.4. The van der Waals surface area contributed by atoms with Gasteiger partial charge in [-0.3, -0.25) is 4.79 Å². The molecule has 0 saturated carbocycles. The molecule has 0 atom stereocenters. The highest BCUT2D eigenvalue weighted by molar-refractivity contribution is 7.89. The van der Waals surface area contributed by atoms with Gasteiger partial charge in [-0.15, -0.1) is 0 Å². The monoisotopic (exact) mass is 362 g/mol. The Morgan fingerprint density at radius 3 is 2.64 bits per heavy atom. The van der Waals surface area contributed by atoms with Crippen LogP contribution in [0.2, 0.25) is 0 Å². The van der Waals surface area contributed by atoms with Crippen LogP contribution in [-0.2, 0) is 10.0 Å². The molecule has 1 N–H and O–H groups in total. The highest BCUT2D eigenvalue weighted by atomic mass is 32.2. The molecule has 2 aromatic rings. The Labute approximate surface area is 147 Å². The van der Waals surface area contributed by atoms with Crippen molar-refractivity contribution in [2.45, 2.75) is 19.8 Å². The molecule has 2 heterocycles. The van der Waals surface area contributed by atoms with Crippen LogP contribution < -0.4 is 5.32 Å². The van der Waals surface area contributed by atoms with Crippen LogP contribution in [0, 0.1) is 6.92 Å². The Morgan fingerprint density at radius 2 is 1.96 bits per heavy atom. The lowest BCUT2D eigenvalue weighted by molar-refractivity contribution is 0.0956. The van der Waals surface area contributed by atoms with E-state index in [1.165, 1.54) is 4.31 Å². The summed E-state index contributed by atoms with van der Waals surface area (Å²) in [5.74, 6) is 1.14. The molecule has 0 aliphatic carbocycles. The Kier molecular flexibility index (Phi) is 5.24. The van der Waals surface area contributed by atoms with Gasteiger partial charge in [0.05, 0.1) is 5.75 Å². The Bertz CT molecular complexity index is 851. The first-order valence-corrected chi connectivity index (χ1v) is 9.99. The summed E-state index contributed by atoms with van der Waals surface area (Å²) in [4.78, 5) is 12.3. The van der Waals surface area contributed by atoms with Crippen LogP contribution in [0.4, 0.5) is 0 Å². The van der Waals surface area contributed by atoms with E-state index in [1.54, 1.807) is 18.2 Å². The second-order valence-corrected chi connectivity index (χ2v) is 8.26. The third kappa shape index (κ3) is 4.29. The minimum absolute atomic E-state index is 0.0736. The van der Waals surface area contributed by atoms with Crippen LogP contribution in [0.1, 0.15) is 29.0 Å². The van der Waals surface area contributed by atoms with Crippen molar-refractivity contribution >= 4 is 15.9 Å². The predicted octanol–water partition coefficient (Wildman–Crippen LogP) is 2.41. The Balaban J connectivity index is 1.60. The average molecular weight is 362 g/mol. The molecular formula is C18H22N2O4S. The van der Waals surface area contributed by atoms with Gasteiger partial charge in [0.25, 0.3) is 5.91 Å². The summed E-state index contributed by atoms with van der Waals surface area (Å²) in [6, 6.07) is 10.8. The second-order valence-electron chi connectivity index (χ2n) is 6.17. The third-order valence-electron chi connectivity index (χ3n) is 4.25. The molecule has 0 spiro atoms. The molecule has 0 bridgehead atoms. The van der Waals surface area contributed by atoms with Crippen LogP contribution in [0.3, 0.4) is 0 Å². The zero-order chi connectivity index (χ0) is 17.9. The van der Waals surface area contributed by atoms with Crippen molar-refractivity contribution in [2.24, 2.45) is 0 Å². The Morgan fingerprint density at radius 1 is 1.20 bits per heavy atom. The van der Waals surface area contributed by atoms with Gasteiger partial charge in [-0.1, -0.05) is 12.1 Å². The number of rotatable bonds is 6. The van der Waals surface area contributed by atoms with Gasteiger partial charge in [0, 0.05) is 30.8 Å². The molecule has 1 aromatic carbocycles. The second kappa shape index (κ2) is 7.41. The van der Waals surface area contributed by atoms with Crippen molar-refractivity contribution in [2.75, 3.05) is 25.4 Å². The zero-order valence-corrected chi connectivity index (χ0v) is 15.0. The third-order valence-corrected chi connectivity index (χ3v) is 6.13. The largest absolute Gasteiger partial charge is 0.461 e. The molecule has 6 nitrogen and oxygen atoms in total. The minimum atomic E-state index is -3.28. The van der Waals surface area contributed by atoms with Gasteiger partial charge in [-0.05, 0) is 44.0 Å². The summed E-state index contributed by atoms with van der Waals surface area (Å²) >= 11 is 0. The number of carbonyl (C=O) groups is 1. The quantitative estimate of drug-likeness (QED) is 0.856. The molecule has 1 saturated heterocycles. The number of nitrogens with one attached hydrogen (secondary N) is 1. The van der Waals surface area contributed by atoms with Crippen LogP contribution in [0.15, 0.2) is 40.8 Å². The minimum Gasteiger partial charge on any atom is -0.461 e. The van der Waals surface area contributed by atoms with Crippen LogP contribution in [0.5, 0.6) is 0 Å². The van der Waals surface area contributed by atoms with E-state index in [4.69, 9.17) is 4.42 Å². The van der Waals surface area contributed by atoms with Gasteiger partial charge in [0.15, 0.2) is 0 Å². The van der Waals surface area contributed by atoms with Gasteiger partial charge < -0.3 is 9.73 Å². The Hall–Kier alpha value is -2.12. The molecule has 1 aliphatic rings. The van der Waals surface area contributed by atoms with E-state index < -0.39 is 10.0 Å². The molecule has 25 heavy (non-hydrogen) atoms. The lowest BCUT2D eigenvalue weighted by atomic mass is 10.1. The number of hydrogen-bond acceptors (Lipinski definition) is 4. The van der Waals surface area contributed by atoms with E-state index in [1.807, 2.05) is 25.1 Å². The first kappa shape index (κ1) is 17.7. The molecule has 1 fully saturated rings. The lowest BCUT2D eigenvalue weighted by Gasteiger charge is -2.15. The standard InChI is InChI=1S/C18H22N2O4S/c1-14-7-8-17(24-14)15-5-4-6-16(13-15)18(21)19-9-12-25(22,23)20-10-2-3-11-20/h4-8,13H,2-3,9-12H2,1H3,(H,19,21). The summed E-state index contributed by atoms with van der Waals surface area (Å²) in [6.07, 6.45) is 1.81. The van der Waals surface area contributed by atoms with Gasteiger partial charge in [0.2, 0.25) is 10.0 Å². The number of aryl methyl sites for hydroxylation is 1. The number of nitrogens with zero attached hydrogens (tertiary/aromatic N) is 1. The van der Waals surface area contributed by atoms with E-state index in [-0.39, 0.29) is 18.2 Å². The van der Waals surface area contributed by atoms with E-state index in [0.717, 1.165) is 24.2 Å². The van der Waals surface area contributed by atoms with Crippen molar-refractivity contribution in [3.05, 3.63) is 47.7 Å². The molecule has 1 amide bonds. The molecule has 0 unspecified atom stereocenters. The fourth-order valence-electron chi connectivity index (χ4n) is 2.89. The van der Waals surface area contributed by atoms with Crippen molar-refractivity contribution in [1.82, 2.24) is 9.62 Å². The van der Waals surface area contributed by atoms with Gasteiger partial charge in [-0.25, -0.2) is 12.7 Å². The molecule has 3 rings (SSSR count).